The summed E-state index contributed by atoms with van der Waals surface area (Å²) in [6.07, 6.45) is 1.55. The Kier molecular flexibility index (Phi) is 7.66. The average Bonchev–Trinajstić information content (AvgIpc) is 2.89. The Bertz CT molecular complexity index is 1410. The van der Waals surface area contributed by atoms with E-state index in [1.165, 1.54) is 0 Å². The van der Waals surface area contributed by atoms with Crippen molar-refractivity contribution in [2.75, 3.05) is 12.4 Å². The number of anilines is 2. The molecule has 0 saturated heterocycles. The third kappa shape index (κ3) is 5.73. The average molecular weight is 481 g/mol. The Morgan fingerprint density at radius 1 is 1.06 bits per heavy atom. The van der Waals surface area contributed by atoms with Gasteiger partial charge in [-0.25, -0.2) is 0 Å². The van der Waals surface area contributed by atoms with Gasteiger partial charge in [0.25, 0.3) is 0 Å². The highest BCUT2D eigenvalue weighted by Crippen LogP contribution is 2.37. The van der Waals surface area contributed by atoms with Crippen LogP contribution >= 0.6 is 0 Å². The molecular weight excluding hydrogens is 452 g/mol. The number of pyridine rings is 1. The summed E-state index contributed by atoms with van der Waals surface area (Å²) in [4.78, 5) is 9.96. The van der Waals surface area contributed by atoms with Crippen LogP contribution in [0.2, 0.25) is 0 Å². The molecule has 0 saturated carbocycles. The summed E-state index contributed by atoms with van der Waals surface area (Å²) in [6.45, 7) is 6.22. The SMILES string of the molecule is COc1cc2c(Nc3ccc(/C(C)=N\OCc4ccccc4)cc3)c(C#N)cnc2cc1OC(C)C. The van der Waals surface area contributed by atoms with Crippen LogP contribution in [0.1, 0.15) is 37.5 Å². The van der Waals surface area contributed by atoms with E-state index in [4.69, 9.17) is 14.3 Å². The third-order valence-corrected chi connectivity index (χ3v) is 5.48. The number of hydrogen-bond donors (Lipinski definition) is 1. The third-order valence-electron chi connectivity index (χ3n) is 5.48. The molecule has 0 amide bonds. The Morgan fingerprint density at radius 3 is 2.47 bits per heavy atom. The van der Waals surface area contributed by atoms with Crippen LogP contribution in [0.4, 0.5) is 11.4 Å². The molecule has 3 aromatic carbocycles. The molecule has 0 unspecified atom stereocenters. The highest BCUT2D eigenvalue weighted by Gasteiger charge is 2.15. The molecule has 1 heterocycles. The fourth-order valence-corrected chi connectivity index (χ4v) is 3.69. The second-order valence-corrected chi connectivity index (χ2v) is 8.48. The van der Waals surface area contributed by atoms with Gasteiger partial charge in [0, 0.05) is 23.3 Å². The van der Waals surface area contributed by atoms with Crippen molar-refractivity contribution in [1.82, 2.24) is 4.98 Å². The number of oxime groups is 1. The Labute approximate surface area is 210 Å². The lowest BCUT2D eigenvalue weighted by Gasteiger charge is -2.17. The minimum absolute atomic E-state index is 0.0124. The summed E-state index contributed by atoms with van der Waals surface area (Å²) in [5.74, 6) is 1.19. The van der Waals surface area contributed by atoms with Gasteiger partial charge in [0.2, 0.25) is 0 Å². The molecule has 0 aliphatic heterocycles. The second-order valence-electron chi connectivity index (χ2n) is 8.48. The summed E-state index contributed by atoms with van der Waals surface area (Å²) < 4.78 is 11.4. The molecule has 7 heteroatoms. The summed E-state index contributed by atoms with van der Waals surface area (Å²) in [5, 5.41) is 18.1. The maximum absolute atomic E-state index is 9.72. The van der Waals surface area contributed by atoms with Crippen molar-refractivity contribution in [2.24, 2.45) is 5.16 Å². The van der Waals surface area contributed by atoms with Crippen molar-refractivity contribution in [3.05, 3.63) is 89.6 Å². The number of fused-ring (bicyclic) bond motifs is 1. The van der Waals surface area contributed by atoms with Crippen LogP contribution in [0.5, 0.6) is 11.5 Å². The number of hydrogen-bond acceptors (Lipinski definition) is 7. The van der Waals surface area contributed by atoms with Gasteiger partial charge in [-0.3, -0.25) is 4.98 Å². The van der Waals surface area contributed by atoms with E-state index in [1.54, 1.807) is 13.3 Å². The maximum atomic E-state index is 9.72. The van der Waals surface area contributed by atoms with E-state index < -0.39 is 0 Å². The Hall–Kier alpha value is -4.57. The van der Waals surface area contributed by atoms with Crippen molar-refractivity contribution in [2.45, 2.75) is 33.5 Å². The van der Waals surface area contributed by atoms with Gasteiger partial charge in [0.05, 0.1) is 35.7 Å². The highest BCUT2D eigenvalue weighted by molar-refractivity contribution is 5.99. The van der Waals surface area contributed by atoms with Gasteiger partial charge in [0.1, 0.15) is 12.7 Å². The number of nitrogens with zero attached hydrogens (tertiary/aromatic N) is 3. The molecule has 0 aliphatic carbocycles. The van der Waals surface area contributed by atoms with E-state index in [9.17, 15) is 5.26 Å². The smallest absolute Gasteiger partial charge is 0.163 e. The molecule has 0 radical (unpaired) electrons. The van der Waals surface area contributed by atoms with E-state index in [0.29, 0.717) is 34.9 Å². The van der Waals surface area contributed by atoms with Crippen LogP contribution in [0.15, 0.2) is 78.1 Å². The number of nitriles is 1. The monoisotopic (exact) mass is 480 g/mol. The lowest BCUT2D eigenvalue weighted by molar-refractivity contribution is 0.130. The molecular formula is C29H28N4O3. The second kappa shape index (κ2) is 11.2. The van der Waals surface area contributed by atoms with Crippen LogP contribution in [0, 0.1) is 11.3 Å². The molecule has 7 nitrogen and oxygen atoms in total. The molecule has 0 fully saturated rings. The predicted octanol–water partition coefficient (Wildman–Crippen LogP) is 6.59. The molecule has 0 bridgehead atoms. The van der Waals surface area contributed by atoms with Gasteiger partial charge >= 0.3 is 0 Å². The lowest BCUT2D eigenvalue weighted by Crippen LogP contribution is -2.07. The number of ether oxygens (including phenoxy) is 2. The fraction of sp³-hybridized carbons (Fsp3) is 0.207. The first-order valence-electron chi connectivity index (χ1n) is 11.6. The molecule has 1 N–H and O–H groups in total. The number of nitrogens with one attached hydrogen (secondary N) is 1. The summed E-state index contributed by atoms with van der Waals surface area (Å²) >= 11 is 0. The lowest BCUT2D eigenvalue weighted by atomic mass is 10.1. The highest BCUT2D eigenvalue weighted by atomic mass is 16.6. The maximum Gasteiger partial charge on any atom is 0.163 e. The van der Waals surface area contributed by atoms with Crippen molar-refractivity contribution in [3.8, 4) is 17.6 Å². The van der Waals surface area contributed by atoms with Crippen molar-refractivity contribution in [1.29, 1.82) is 5.26 Å². The van der Waals surface area contributed by atoms with Crippen LogP contribution in [0.25, 0.3) is 10.9 Å². The Morgan fingerprint density at radius 2 is 1.81 bits per heavy atom. The largest absolute Gasteiger partial charge is 0.493 e. The van der Waals surface area contributed by atoms with E-state index in [0.717, 1.165) is 27.9 Å². The zero-order valence-electron chi connectivity index (χ0n) is 20.8. The van der Waals surface area contributed by atoms with Crippen LogP contribution in [0.3, 0.4) is 0 Å². The molecule has 4 aromatic rings. The van der Waals surface area contributed by atoms with Gasteiger partial charge in [-0.05, 0) is 50.1 Å². The topological polar surface area (TPSA) is 88.8 Å². The summed E-state index contributed by atoms with van der Waals surface area (Å²) in [5.41, 5.74) is 5.37. The predicted molar refractivity (Wildman–Crippen MR) is 142 cm³/mol. The van der Waals surface area contributed by atoms with Gasteiger partial charge in [-0.15, -0.1) is 0 Å². The number of aromatic nitrogens is 1. The van der Waals surface area contributed by atoms with Crippen molar-refractivity contribution < 1.29 is 14.3 Å². The normalized spacial score (nSPS) is 11.3. The first kappa shape index (κ1) is 24.6. The molecule has 0 atom stereocenters. The fourth-order valence-electron chi connectivity index (χ4n) is 3.69. The molecule has 1 aromatic heterocycles. The quantitative estimate of drug-likeness (QED) is 0.215. The summed E-state index contributed by atoms with van der Waals surface area (Å²) in [7, 11) is 1.59. The minimum Gasteiger partial charge on any atom is -0.493 e. The first-order valence-corrected chi connectivity index (χ1v) is 11.6. The molecule has 36 heavy (non-hydrogen) atoms. The van der Waals surface area contributed by atoms with Crippen molar-refractivity contribution in [3.63, 3.8) is 0 Å². The van der Waals surface area contributed by atoms with Crippen LogP contribution < -0.4 is 14.8 Å². The van der Waals surface area contributed by atoms with E-state index in [1.807, 2.05) is 87.5 Å². The van der Waals surface area contributed by atoms with E-state index in [-0.39, 0.29) is 6.10 Å². The van der Waals surface area contributed by atoms with Crippen LogP contribution in [-0.2, 0) is 11.4 Å². The van der Waals surface area contributed by atoms with Gasteiger partial charge in [-0.1, -0.05) is 47.6 Å². The molecule has 182 valence electrons. The van der Waals surface area contributed by atoms with Crippen molar-refractivity contribution >= 4 is 28.0 Å². The van der Waals surface area contributed by atoms with Gasteiger partial charge < -0.3 is 19.6 Å². The van der Waals surface area contributed by atoms with Gasteiger partial charge in [0.15, 0.2) is 11.5 Å². The number of benzene rings is 3. The minimum atomic E-state index is -0.0124. The zero-order valence-corrected chi connectivity index (χ0v) is 20.8. The molecule has 0 spiro atoms. The summed E-state index contributed by atoms with van der Waals surface area (Å²) in [6, 6.07) is 23.6. The Balaban J connectivity index is 1.57. The number of rotatable bonds is 9. The van der Waals surface area contributed by atoms with Gasteiger partial charge in [-0.2, -0.15) is 5.26 Å². The number of methoxy groups -OCH3 is 1. The standard InChI is InChI=1S/C29H28N4O3/c1-19(2)36-28-15-26-25(14-27(28)34-4)29(23(16-30)17-31-26)32-24-12-10-22(11-13-24)20(3)33-35-18-21-8-6-5-7-9-21/h5-15,17,19H,18H2,1-4H3,(H,31,32)/b33-20-. The van der Waals surface area contributed by atoms with E-state index in [2.05, 4.69) is 21.5 Å². The molecule has 4 rings (SSSR count). The van der Waals surface area contributed by atoms with E-state index >= 15 is 0 Å². The van der Waals surface area contributed by atoms with Crippen LogP contribution in [-0.4, -0.2) is 23.9 Å². The first-order chi connectivity index (χ1) is 17.5. The molecule has 0 aliphatic rings. The zero-order chi connectivity index (χ0) is 25.5.